The molecular weight excluding hydrogens is 196 g/mol. The van der Waals surface area contributed by atoms with E-state index in [9.17, 15) is 9.59 Å². The molecule has 0 aliphatic heterocycles. The van der Waals surface area contributed by atoms with Gasteiger partial charge in [-0.3, -0.25) is 4.79 Å². The van der Waals surface area contributed by atoms with Gasteiger partial charge < -0.3 is 15.8 Å². The van der Waals surface area contributed by atoms with Crippen molar-refractivity contribution >= 4 is 11.9 Å². The largest absolute Gasteiger partial charge is 0.459 e. The highest BCUT2D eigenvalue weighted by molar-refractivity contribution is 6.32. The van der Waals surface area contributed by atoms with E-state index in [-0.39, 0.29) is 18.7 Å². The lowest BCUT2D eigenvalue weighted by Gasteiger charge is -2.26. The van der Waals surface area contributed by atoms with Gasteiger partial charge in [-0.2, -0.15) is 0 Å². The Hall–Kier alpha value is -1.10. The number of carbonyl (C=O) groups excluding carboxylic acids is 2. The van der Waals surface area contributed by atoms with Crippen LogP contribution in [0.1, 0.15) is 32.6 Å². The van der Waals surface area contributed by atoms with Gasteiger partial charge in [-0.15, -0.1) is 0 Å². The highest BCUT2D eigenvalue weighted by Gasteiger charge is 2.23. The van der Waals surface area contributed by atoms with Gasteiger partial charge in [0.2, 0.25) is 0 Å². The van der Waals surface area contributed by atoms with Crippen LogP contribution < -0.4 is 11.1 Å². The molecular formula is C10H18N2O3. The lowest BCUT2D eigenvalue weighted by atomic mass is 9.92. The monoisotopic (exact) mass is 214 g/mol. The maximum atomic E-state index is 11.3. The normalized spacial score (nSPS) is 25.7. The molecule has 1 saturated carbocycles. The average molecular weight is 214 g/mol. The first-order chi connectivity index (χ1) is 7.13. The first-order valence-corrected chi connectivity index (χ1v) is 5.36. The minimum atomic E-state index is -0.799. The van der Waals surface area contributed by atoms with E-state index in [1.807, 2.05) is 0 Å². The van der Waals surface area contributed by atoms with Crippen molar-refractivity contribution in [3.63, 3.8) is 0 Å². The van der Waals surface area contributed by atoms with Crippen LogP contribution in [-0.4, -0.2) is 30.6 Å². The van der Waals surface area contributed by atoms with E-state index >= 15 is 0 Å². The Morgan fingerprint density at radius 1 is 1.33 bits per heavy atom. The molecule has 0 atom stereocenters. The van der Waals surface area contributed by atoms with E-state index < -0.39 is 11.9 Å². The zero-order chi connectivity index (χ0) is 11.3. The number of esters is 1. The van der Waals surface area contributed by atoms with Crippen molar-refractivity contribution in [1.29, 1.82) is 0 Å². The van der Waals surface area contributed by atoms with Crippen molar-refractivity contribution < 1.29 is 14.3 Å². The molecule has 0 aromatic heterocycles. The quantitative estimate of drug-likeness (QED) is 0.498. The summed E-state index contributed by atoms with van der Waals surface area (Å²) in [5.41, 5.74) is 5.73. The molecule has 0 radical (unpaired) electrons. The second-order valence-electron chi connectivity index (χ2n) is 3.81. The van der Waals surface area contributed by atoms with Gasteiger partial charge >= 0.3 is 11.9 Å². The number of nitrogens with one attached hydrogen (secondary N) is 1. The third-order valence-electron chi connectivity index (χ3n) is 2.57. The van der Waals surface area contributed by atoms with Crippen LogP contribution in [0.15, 0.2) is 0 Å². The zero-order valence-corrected chi connectivity index (χ0v) is 8.99. The van der Waals surface area contributed by atoms with Crippen molar-refractivity contribution in [2.75, 3.05) is 6.61 Å². The second kappa shape index (κ2) is 5.70. The summed E-state index contributed by atoms with van der Waals surface area (Å²) in [4.78, 5) is 22.3. The predicted octanol–water partition coefficient (Wildman–Crippen LogP) is -0.0644. The molecule has 0 heterocycles. The third-order valence-corrected chi connectivity index (χ3v) is 2.57. The Morgan fingerprint density at radius 2 is 1.93 bits per heavy atom. The predicted molar refractivity (Wildman–Crippen MR) is 55.0 cm³/mol. The summed E-state index contributed by atoms with van der Waals surface area (Å²) >= 11 is 0. The molecule has 0 aromatic carbocycles. The Kier molecular flexibility index (Phi) is 4.55. The zero-order valence-electron chi connectivity index (χ0n) is 8.99. The summed E-state index contributed by atoms with van der Waals surface area (Å²) in [6.45, 7) is 1.90. The minimum absolute atomic E-state index is 0.0710. The molecule has 1 amide bonds. The Morgan fingerprint density at radius 3 is 2.47 bits per heavy atom. The molecule has 86 valence electrons. The molecule has 1 aliphatic rings. The van der Waals surface area contributed by atoms with E-state index in [0.717, 1.165) is 25.7 Å². The molecule has 0 bridgehead atoms. The SMILES string of the molecule is CCOC(=O)C(=O)NC1CCC(N)CC1. The molecule has 0 saturated heterocycles. The van der Waals surface area contributed by atoms with Crippen molar-refractivity contribution in [3.05, 3.63) is 0 Å². The van der Waals surface area contributed by atoms with E-state index in [4.69, 9.17) is 5.73 Å². The maximum Gasteiger partial charge on any atom is 0.396 e. The van der Waals surface area contributed by atoms with Gasteiger partial charge in [0.25, 0.3) is 0 Å². The summed E-state index contributed by atoms with van der Waals surface area (Å²) in [6.07, 6.45) is 3.47. The summed E-state index contributed by atoms with van der Waals surface area (Å²) < 4.78 is 4.59. The fourth-order valence-corrected chi connectivity index (χ4v) is 1.70. The molecule has 1 rings (SSSR count). The number of hydrogen-bond donors (Lipinski definition) is 2. The number of nitrogens with two attached hydrogens (primary N) is 1. The summed E-state index contributed by atoms with van der Waals surface area (Å²) in [5, 5.41) is 2.65. The fourth-order valence-electron chi connectivity index (χ4n) is 1.70. The number of ether oxygens (including phenoxy) is 1. The van der Waals surface area contributed by atoms with Gasteiger partial charge in [0.05, 0.1) is 6.61 Å². The smallest absolute Gasteiger partial charge is 0.396 e. The van der Waals surface area contributed by atoms with Crippen molar-refractivity contribution in [2.24, 2.45) is 5.73 Å². The van der Waals surface area contributed by atoms with Crippen LogP contribution in [-0.2, 0) is 14.3 Å². The van der Waals surface area contributed by atoms with Crippen molar-refractivity contribution in [2.45, 2.75) is 44.7 Å². The maximum absolute atomic E-state index is 11.3. The first-order valence-electron chi connectivity index (χ1n) is 5.36. The van der Waals surface area contributed by atoms with E-state index in [2.05, 4.69) is 10.1 Å². The molecule has 1 aliphatic carbocycles. The topological polar surface area (TPSA) is 81.4 Å². The summed E-state index contributed by atoms with van der Waals surface area (Å²) in [7, 11) is 0. The number of hydrogen-bond acceptors (Lipinski definition) is 4. The van der Waals surface area contributed by atoms with Crippen LogP contribution in [0.3, 0.4) is 0 Å². The standard InChI is InChI=1S/C10H18N2O3/c1-2-15-10(14)9(13)12-8-5-3-7(11)4-6-8/h7-8H,2-6,11H2,1H3,(H,12,13). The molecule has 5 nitrogen and oxygen atoms in total. The molecule has 0 aromatic rings. The molecule has 1 fully saturated rings. The van der Waals surface area contributed by atoms with Crippen molar-refractivity contribution in [1.82, 2.24) is 5.32 Å². The van der Waals surface area contributed by atoms with E-state index in [1.54, 1.807) is 6.92 Å². The lowest BCUT2D eigenvalue weighted by molar-refractivity contribution is -0.155. The van der Waals surface area contributed by atoms with E-state index in [1.165, 1.54) is 0 Å². The van der Waals surface area contributed by atoms with Crippen LogP contribution in [0.25, 0.3) is 0 Å². The fraction of sp³-hybridized carbons (Fsp3) is 0.800. The van der Waals surface area contributed by atoms with Crippen molar-refractivity contribution in [3.8, 4) is 0 Å². The summed E-state index contributed by atoms with van der Waals surface area (Å²) in [5.74, 6) is -1.44. The van der Waals surface area contributed by atoms with Gasteiger partial charge in [0.15, 0.2) is 0 Å². The highest BCUT2D eigenvalue weighted by atomic mass is 16.5. The van der Waals surface area contributed by atoms with Gasteiger partial charge in [-0.1, -0.05) is 0 Å². The molecule has 3 N–H and O–H groups in total. The Balaban J connectivity index is 2.29. The first kappa shape index (κ1) is 12.0. The summed E-state index contributed by atoms with van der Waals surface area (Å²) in [6, 6.07) is 0.308. The van der Waals surface area contributed by atoms with Crippen LogP contribution in [0.4, 0.5) is 0 Å². The van der Waals surface area contributed by atoms with Crippen LogP contribution >= 0.6 is 0 Å². The van der Waals surface area contributed by atoms with E-state index in [0.29, 0.717) is 0 Å². The van der Waals surface area contributed by atoms with Crippen LogP contribution in [0.2, 0.25) is 0 Å². The molecule has 0 spiro atoms. The lowest BCUT2D eigenvalue weighted by Crippen LogP contribution is -2.43. The minimum Gasteiger partial charge on any atom is -0.459 e. The van der Waals surface area contributed by atoms with Crippen LogP contribution in [0, 0.1) is 0 Å². The molecule has 0 unspecified atom stereocenters. The van der Waals surface area contributed by atoms with Gasteiger partial charge in [0, 0.05) is 12.1 Å². The van der Waals surface area contributed by atoms with Crippen LogP contribution in [0.5, 0.6) is 0 Å². The van der Waals surface area contributed by atoms with Gasteiger partial charge in [0.1, 0.15) is 0 Å². The number of amides is 1. The Bertz CT molecular complexity index is 235. The molecule has 5 heteroatoms. The third kappa shape index (κ3) is 3.87. The second-order valence-corrected chi connectivity index (χ2v) is 3.81. The highest BCUT2D eigenvalue weighted by Crippen LogP contribution is 2.16. The number of rotatable bonds is 2. The number of carbonyl (C=O) groups is 2. The van der Waals surface area contributed by atoms with Gasteiger partial charge in [-0.25, -0.2) is 4.79 Å². The average Bonchev–Trinajstić information content (AvgIpc) is 2.22. The molecule has 15 heavy (non-hydrogen) atoms. The Labute approximate surface area is 89.3 Å². The van der Waals surface area contributed by atoms with Gasteiger partial charge in [-0.05, 0) is 32.6 Å².